The van der Waals surface area contributed by atoms with E-state index in [0.717, 1.165) is 33.9 Å². The highest BCUT2D eigenvalue weighted by Crippen LogP contribution is 2.40. The van der Waals surface area contributed by atoms with Gasteiger partial charge in [0.15, 0.2) is 0 Å². The molecule has 0 fully saturated rings. The zero-order valence-electron chi connectivity index (χ0n) is 11.4. The van der Waals surface area contributed by atoms with Gasteiger partial charge in [0.25, 0.3) is 0 Å². The van der Waals surface area contributed by atoms with Crippen molar-refractivity contribution >= 4 is 11.6 Å². The SMILES string of the molecule is COc1cccc(OC)c1-c1ccc2c(c1)CC(=O)N2. The van der Waals surface area contributed by atoms with Crippen molar-refractivity contribution < 1.29 is 14.3 Å². The normalized spacial score (nSPS) is 12.8. The highest BCUT2D eigenvalue weighted by Gasteiger charge is 2.20. The summed E-state index contributed by atoms with van der Waals surface area (Å²) >= 11 is 0. The summed E-state index contributed by atoms with van der Waals surface area (Å²) < 4.78 is 10.8. The molecule has 0 aliphatic carbocycles. The molecule has 0 radical (unpaired) electrons. The van der Waals surface area contributed by atoms with Crippen molar-refractivity contribution in [1.29, 1.82) is 0 Å². The van der Waals surface area contributed by atoms with Gasteiger partial charge in [-0.05, 0) is 35.4 Å². The van der Waals surface area contributed by atoms with Gasteiger partial charge in [-0.25, -0.2) is 0 Å². The second-order valence-electron chi connectivity index (χ2n) is 4.63. The van der Waals surface area contributed by atoms with E-state index in [-0.39, 0.29) is 5.91 Å². The summed E-state index contributed by atoms with van der Waals surface area (Å²) in [4.78, 5) is 11.4. The number of fused-ring (bicyclic) bond motifs is 1. The van der Waals surface area contributed by atoms with Gasteiger partial charge in [0.05, 0.1) is 26.2 Å². The number of anilines is 1. The van der Waals surface area contributed by atoms with E-state index < -0.39 is 0 Å². The fourth-order valence-electron chi connectivity index (χ4n) is 2.52. The van der Waals surface area contributed by atoms with Gasteiger partial charge >= 0.3 is 0 Å². The van der Waals surface area contributed by atoms with Crippen molar-refractivity contribution in [3.8, 4) is 22.6 Å². The van der Waals surface area contributed by atoms with Gasteiger partial charge in [-0.15, -0.1) is 0 Å². The van der Waals surface area contributed by atoms with Crippen LogP contribution < -0.4 is 14.8 Å². The molecule has 0 saturated heterocycles. The summed E-state index contributed by atoms with van der Waals surface area (Å²) in [5, 5.41) is 2.83. The smallest absolute Gasteiger partial charge is 0.228 e. The molecule has 0 bridgehead atoms. The Balaban J connectivity index is 2.14. The van der Waals surface area contributed by atoms with Crippen molar-refractivity contribution in [1.82, 2.24) is 0 Å². The predicted molar refractivity (Wildman–Crippen MR) is 77.3 cm³/mol. The molecular weight excluding hydrogens is 254 g/mol. The zero-order chi connectivity index (χ0) is 14.1. The monoisotopic (exact) mass is 269 g/mol. The molecule has 2 aromatic rings. The summed E-state index contributed by atoms with van der Waals surface area (Å²) in [6, 6.07) is 11.6. The minimum absolute atomic E-state index is 0.0316. The number of nitrogens with one attached hydrogen (secondary N) is 1. The van der Waals surface area contributed by atoms with Crippen LogP contribution in [-0.4, -0.2) is 20.1 Å². The number of benzene rings is 2. The number of carbonyl (C=O) groups is 1. The minimum atomic E-state index is 0.0316. The van der Waals surface area contributed by atoms with Crippen molar-refractivity contribution in [3.05, 3.63) is 42.0 Å². The molecule has 0 spiro atoms. The van der Waals surface area contributed by atoms with Gasteiger partial charge < -0.3 is 14.8 Å². The van der Waals surface area contributed by atoms with E-state index >= 15 is 0 Å². The maximum Gasteiger partial charge on any atom is 0.228 e. The maximum atomic E-state index is 11.4. The number of hydrogen-bond acceptors (Lipinski definition) is 3. The third kappa shape index (κ3) is 1.99. The van der Waals surface area contributed by atoms with E-state index in [9.17, 15) is 4.79 Å². The quantitative estimate of drug-likeness (QED) is 0.932. The molecule has 1 N–H and O–H groups in total. The summed E-state index contributed by atoms with van der Waals surface area (Å²) in [7, 11) is 3.27. The van der Waals surface area contributed by atoms with Crippen LogP contribution >= 0.6 is 0 Å². The van der Waals surface area contributed by atoms with Crippen LogP contribution in [0.1, 0.15) is 5.56 Å². The van der Waals surface area contributed by atoms with Gasteiger partial charge in [0.2, 0.25) is 5.91 Å². The van der Waals surface area contributed by atoms with Crippen LogP contribution in [0.2, 0.25) is 0 Å². The van der Waals surface area contributed by atoms with Crippen molar-refractivity contribution in [2.45, 2.75) is 6.42 Å². The molecule has 0 unspecified atom stereocenters. The molecule has 4 nitrogen and oxygen atoms in total. The molecule has 2 aromatic carbocycles. The van der Waals surface area contributed by atoms with Crippen LogP contribution in [0.25, 0.3) is 11.1 Å². The zero-order valence-corrected chi connectivity index (χ0v) is 11.4. The van der Waals surface area contributed by atoms with E-state index in [1.807, 2.05) is 36.4 Å². The topological polar surface area (TPSA) is 47.6 Å². The molecule has 1 aliphatic rings. The number of carbonyl (C=O) groups excluding carboxylic acids is 1. The Morgan fingerprint density at radius 2 is 1.75 bits per heavy atom. The second-order valence-corrected chi connectivity index (χ2v) is 4.63. The Morgan fingerprint density at radius 3 is 2.40 bits per heavy atom. The van der Waals surface area contributed by atoms with Crippen molar-refractivity contribution in [2.24, 2.45) is 0 Å². The van der Waals surface area contributed by atoms with Crippen LogP contribution in [-0.2, 0) is 11.2 Å². The summed E-state index contributed by atoms with van der Waals surface area (Å²) in [6.07, 6.45) is 0.417. The van der Waals surface area contributed by atoms with Gasteiger partial charge in [-0.1, -0.05) is 12.1 Å². The molecule has 20 heavy (non-hydrogen) atoms. The standard InChI is InChI=1S/C16H15NO3/c1-19-13-4-3-5-14(20-2)16(13)10-6-7-12-11(8-10)9-15(18)17-12/h3-8H,9H2,1-2H3,(H,17,18). The average molecular weight is 269 g/mol. The predicted octanol–water partition coefficient (Wildman–Crippen LogP) is 2.87. The summed E-state index contributed by atoms with van der Waals surface area (Å²) in [5.41, 5.74) is 3.77. The third-order valence-electron chi connectivity index (χ3n) is 3.45. The highest BCUT2D eigenvalue weighted by atomic mass is 16.5. The minimum Gasteiger partial charge on any atom is -0.496 e. The number of ether oxygens (including phenoxy) is 2. The van der Waals surface area contributed by atoms with Gasteiger partial charge in [-0.2, -0.15) is 0 Å². The molecule has 102 valence electrons. The van der Waals surface area contributed by atoms with Crippen LogP contribution in [0.3, 0.4) is 0 Å². The van der Waals surface area contributed by atoms with Crippen LogP contribution in [0.4, 0.5) is 5.69 Å². The Hall–Kier alpha value is -2.49. The fourth-order valence-corrected chi connectivity index (χ4v) is 2.52. The lowest BCUT2D eigenvalue weighted by molar-refractivity contribution is -0.115. The first-order valence-corrected chi connectivity index (χ1v) is 6.37. The summed E-state index contributed by atoms with van der Waals surface area (Å²) in [5.74, 6) is 1.53. The molecule has 3 rings (SSSR count). The molecule has 1 aliphatic heterocycles. The Bertz CT molecular complexity index is 657. The number of methoxy groups -OCH3 is 2. The Labute approximate surface area is 117 Å². The van der Waals surface area contributed by atoms with E-state index in [0.29, 0.717) is 6.42 Å². The average Bonchev–Trinajstić information content (AvgIpc) is 2.85. The number of amides is 1. The lowest BCUT2D eigenvalue weighted by Gasteiger charge is -2.14. The van der Waals surface area contributed by atoms with E-state index in [2.05, 4.69) is 5.32 Å². The fraction of sp³-hybridized carbons (Fsp3) is 0.188. The molecular formula is C16H15NO3. The Kier molecular flexibility index (Phi) is 3.06. The van der Waals surface area contributed by atoms with Crippen molar-refractivity contribution in [2.75, 3.05) is 19.5 Å². The molecule has 1 amide bonds. The first kappa shape index (κ1) is 12.5. The van der Waals surface area contributed by atoms with Gasteiger partial charge in [-0.3, -0.25) is 4.79 Å². The van der Waals surface area contributed by atoms with E-state index in [4.69, 9.17) is 9.47 Å². The lowest BCUT2D eigenvalue weighted by Crippen LogP contribution is -2.03. The molecule has 0 aromatic heterocycles. The van der Waals surface area contributed by atoms with Gasteiger partial charge in [0.1, 0.15) is 11.5 Å². The maximum absolute atomic E-state index is 11.4. The molecule has 4 heteroatoms. The summed E-state index contributed by atoms with van der Waals surface area (Å²) in [6.45, 7) is 0. The number of hydrogen-bond donors (Lipinski definition) is 1. The van der Waals surface area contributed by atoms with E-state index in [1.54, 1.807) is 14.2 Å². The van der Waals surface area contributed by atoms with Crippen LogP contribution in [0.15, 0.2) is 36.4 Å². The number of rotatable bonds is 3. The van der Waals surface area contributed by atoms with Crippen LogP contribution in [0, 0.1) is 0 Å². The lowest BCUT2D eigenvalue weighted by atomic mass is 10.00. The largest absolute Gasteiger partial charge is 0.496 e. The first-order valence-electron chi connectivity index (χ1n) is 6.37. The third-order valence-corrected chi connectivity index (χ3v) is 3.45. The Morgan fingerprint density at radius 1 is 1.05 bits per heavy atom. The van der Waals surface area contributed by atoms with Gasteiger partial charge in [0, 0.05) is 5.69 Å². The molecule has 0 atom stereocenters. The van der Waals surface area contributed by atoms with E-state index in [1.165, 1.54) is 0 Å². The molecule has 0 saturated carbocycles. The van der Waals surface area contributed by atoms with Crippen LogP contribution in [0.5, 0.6) is 11.5 Å². The highest BCUT2D eigenvalue weighted by molar-refractivity contribution is 6.00. The van der Waals surface area contributed by atoms with Crippen molar-refractivity contribution in [3.63, 3.8) is 0 Å². The molecule has 1 heterocycles. The first-order chi connectivity index (χ1) is 9.72. The second kappa shape index (κ2) is 4.89.